The Labute approximate surface area is 191 Å². The zero-order chi connectivity index (χ0) is 23.2. The molecule has 4 rings (SSSR count). The van der Waals surface area contributed by atoms with Crippen LogP contribution >= 0.6 is 0 Å². The van der Waals surface area contributed by atoms with Crippen LogP contribution in [0.4, 0.5) is 4.39 Å². The summed E-state index contributed by atoms with van der Waals surface area (Å²) in [5.74, 6) is -0.356. The summed E-state index contributed by atoms with van der Waals surface area (Å²) in [5.41, 5.74) is 1.57. The maximum atomic E-state index is 13.9. The van der Waals surface area contributed by atoms with Crippen molar-refractivity contribution in [3.05, 3.63) is 66.1 Å². The predicted octanol–water partition coefficient (Wildman–Crippen LogP) is 2.82. The quantitative estimate of drug-likeness (QED) is 0.543. The lowest BCUT2D eigenvalue weighted by Gasteiger charge is -2.36. The van der Waals surface area contributed by atoms with Crippen molar-refractivity contribution < 1.29 is 23.8 Å². The lowest BCUT2D eigenvalue weighted by molar-refractivity contribution is -0.0912. The minimum absolute atomic E-state index is 0.0200. The minimum atomic E-state index is -0.578. The molecule has 0 radical (unpaired) electrons. The van der Waals surface area contributed by atoms with Gasteiger partial charge < -0.3 is 19.9 Å². The summed E-state index contributed by atoms with van der Waals surface area (Å²) < 4.78 is 27.1. The molecule has 0 saturated carbocycles. The van der Waals surface area contributed by atoms with Gasteiger partial charge in [0.1, 0.15) is 23.4 Å². The number of benzene rings is 2. The van der Waals surface area contributed by atoms with Crippen LogP contribution in [-0.4, -0.2) is 58.0 Å². The molecule has 1 aliphatic rings. The average Bonchev–Trinajstić information content (AvgIpc) is 3.32. The predicted molar refractivity (Wildman–Crippen MR) is 119 cm³/mol. The molecule has 2 heterocycles. The Morgan fingerprint density at radius 1 is 1.24 bits per heavy atom. The van der Waals surface area contributed by atoms with Crippen molar-refractivity contribution in [2.45, 2.75) is 44.1 Å². The van der Waals surface area contributed by atoms with E-state index in [1.807, 2.05) is 30.5 Å². The second-order valence-electron chi connectivity index (χ2n) is 7.97. The Morgan fingerprint density at radius 2 is 2.03 bits per heavy atom. The zero-order valence-corrected chi connectivity index (χ0v) is 18.4. The second-order valence-corrected chi connectivity index (χ2v) is 7.97. The lowest BCUT2D eigenvalue weighted by atomic mass is 9.96. The van der Waals surface area contributed by atoms with E-state index in [1.165, 1.54) is 18.2 Å². The number of hydrogen-bond acceptors (Lipinski definition) is 6. The molecule has 0 spiro atoms. The van der Waals surface area contributed by atoms with E-state index in [9.17, 15) is 14.3 Å². The van der Waals surface area contributed by atoms with Crippen molar-refractivity contribution >= 4 is 5.91 Å². The van der Waals surface area contributed by atoms with Crippen molar-refractivity contribution in [2.75, 3.05) is 13.7 Å². The number of para-hydroxylation sites is 1. The summed E-state index contributed by atoms with van der Waals surface area (Å²) in [5, 5.41) is 21.0. The molecule has 2 N–H and O–H groups in total. The minimum Gasteiger partial charge on any atom is -0.496 e. The third-order valence-electron chi connectivity index (χ3n) is 5.83. The Kier molecular flexibility index (Phi) is 7.31. The molecule has 0 aliphatic carbocycles. The number of carbonyl (C=O) groups excluding carboxylic acids is 1. The van der Waals surface area contributed by atoms with Gasteiger partial charge in [0.05, 0.1) is 37.6 Å². The fraction of sp³-hybridized carbons (Fsp3) is 0.375. The smallest absolute Gasteiger partial charge is 0.254 e. The second kappa shape index (κ2) is 10.5. The van der Waals surface area contributed by atoms with Crippen LogP contribution in [0.2, 0.25) is 0 Å². The van der Waals surface area contributed by atoms with Gasteiger partial charge in [-0.15, -0.1) is 5.10 Å². The van der Waals surface area contributed by atoms with E-state index in [1.54, 1.807) is 17.9 Å². The van der Waals surface area contributed by atoms with Crippen LogP contribution < -0.4 is 10.1 Å². The molecule has 0 unspecified atom stereocenters. The van der Waals surface area contributed by atoms with Gasteiger partial charge in [-0.05, 0) is 43.5 Å². The van der Waals surface area contributed by atoms with Gasteiger partial charge in [0.2, 0.25) is 0 Å². The first kappa shape index (κ1) is 22.9. The number of carbonyl (C=O) groups is 1. The maximum absolute atomic E-state index is 13.9. The number of aliphatic hydroxyl groups is 1. The van der Waals surface area contributed by atoms with Crippen molar-refractivity contribution in [1.82, 2.24) is 20.3 Å². The SMILES string of the molecule is COc1ccccc1-c1cn(CC[C@@H]2CC[C@H](NC(=O)c3ccccc3F)[C@H](CO)O2)nn1. The summed E-state index contributed by atoms with van der Waals surface area (Å²) in [7, 11) is 1.62. The third-order valence-corrected chi connectivity index (χ3v) is 5.83. The molecule has 33 heavy (non-hydrogen) atoms. The molecule has 174 valence electrons. The summed E-state index contributed by atoms with van der Waals surface area (Å²) in [6, 6.07) is 13.1. The molecule has 1 amide bonds. The van der Waals surface area contributed by atoms with Crippen molar-refractivity contribution in [2.24, 2.45) is 0 Å². The standard InChI is InChI=1S/C24H27FN4O4/c1-32-22-9-5-3-7-18(22)21-14-29(28-27-21)13-12-16-10-11-20(23(15-30)33-16)26-24(31)17-6-2-4-8-19(17)25/h2-9,14,16,20,23,30H,10-13,15H2,1H3,(H,26,31)/t16-,20-,23-/m0/s1. The topological polar surface area (TPSA) is 98.5 Å². The Morgan fingerprint density at radius 3 is 2.82 bits per heavy atom. The Balaban J connectivity index is 1.32. The number of aromatic nitrogens is 3. The average molecular weight is 455 g/mol. The summed E-state index contributed by atoms with van der Waals surface area (Å²) in [4.78, 5) is 12.4. The third kappa shape index (κ3) is 5.37. The van der Waals surface area contributed by atoms with Crippen LogP contribution in [-0.2, 0) is 11.3 Å². The summed E-state index contributed by atoms with van der Waals surface area (Å²) in [6.07, 6.45) is 3.22. The van der Waals surface area contributed by atoms with E-state index >= 15 is 0 Å². The van der Waals surface area contributed by atoms with Gasteiger partial charge in [0.15, 0.2) is 0 Å². The highest BCUT2D eigenvalue weighted by atomic mass is 19.1. The number of halogens is 1. The fourth-order valence-electron chi connectivity index (χ4n) is 4.06. The number of hydrogen-bond donors (Lipinski definition) is 2. The number of methoxy groups -OCH3 is 1. The molecule has 0 bridgehead atoms. The number of ether oxygens (including phenoxy) is 2. The monoisotopic (exact) mass is 454 g/mol. The molecule has 3 atom stereocenters. The first-order chi connectivity index (χ1) is 16.1. The van der Waals surface area contributed by atoms with Crippen LogP contribution in [0.15, 0.2) is 54.7 Å². The van der Waals surface area contributed by atoms with E-state index in [0.29, 0.717) is 25.8 Å². The molecule has 1 saturated heterocycles. The van der Waals surface area contributed by atoms with Crippen LogP contribution in [0.25, 0.3) is 11.3 Å². The number of nitrogens with one attached hydrogen (secondary N) is 1. The summed E-state index contributed by atoms with van der Waals surface area (Å²) in [6.45, 7) is 0.358. The van der Waals surface area contributed by atoms with Gasteiger partial charge >= 0.3 is 0 Å². The van der Waals surface area contributed by atoms with Crippen LogP contribution in [0.5, 0.6) is 5.75 Å². The molecule has 9 heteroatoms. The normalized spacial score (nSPS) is 20.4. The number of amides is 1. The number of aryl methyl sites for hydroxylation is 1. The summed E-state index contributed by atoms with van der Waals surface area (Å²) >= 11 is 0. The zero-order valence-electron chi connectivity index (χ0n) is 18.4. The van der Waals surface area contributed by atoms with Gasteiger partial charge in [-0.25, -0.2) is 4.39 Å². The number of nitrogens with zero attached hydrogens (tertiary/aromatic N) is 3. The molecule has 8 nitrogen and oxygen atoms in total. The first-order valence-corrected chi connectivity index (χ1v) is 10.9. The molecule has 2 aromatic carbocycles. The fourth-order valence-corrected chi connectivity index (χ4v) is 4.06. The number of rotatable bonds is 8. The highest BCUT2D eigenvalue weighted by Crippen LogP contribution is 2.28. The van der Waals surface area contributed by atoms with E-state index in [-0.39, 0.29) is 24.3 Å². The molecular weight excluding hydrogens is 427 g/mol. The Hall–Kier alpha value is -3.30. The van der Waals surface area contributed by atoms with Crippen molar-refractivity contribution in [3.8, 4) is 17.0 Å². The van der Waals surface area contributed by atoms with Crippen LogP contribution in [0.3, 0.4) is 0 Å². The van der Waals surface area contributed by atoms with Crippen LogP contribution in [0, 0.1) is 5.82 Å². The lowest BCUT2D eigenvalue weighted by Crippen LogP contribution is -2.51. The van der Waals surface area contributed by atoms with E-state index in [0.717, 1.165) is 17.0 Å². The molecular formula is C24H27FN4O4. The molecule has 1 fully saturated rings. The van der Waals surface area contributed by atoms with Gasteiger partial charge in [-0.1, -0.05) is 29.5 Å². The van der Waals surface area contributed by atoms with Crippen molar-refractivity contribution in [1.29, 1.82) is 0 Å². The van der Waals surface area contributed by atoms with E-state index in [2.05, 4.69) is 15.6 Å². The highest BCUT2D eigenvalue weighted by molar-refractivity contribution is 5.94. The van der Waals surface area contributed by atoms with Crippen LogP contribution in [0.1, 0.15) is 29.6 Å². The molecule has 3 aromatic rings. The van der Waals surface area contributed by atoms with Crippen molar-refractivity contribution in [3.63, 3.8) is 0 Å². The molecule has 1 aliphatic heterocycles. The molecule has 1 aromatic heterocycles. The number of aliphatic hydroxyl groups excluding tert-OH is 1. The van der Waals surface area contributed by atoms with Gasteiger partial charge in [0, 0.05) is 12.1 Å². The van der Waals surface area contributed by atoms with Gasteiger partial charge in [-0.3, -0.25) is 9.48 Å². The maximum Gasteiger partial charge on any atom is 0.254 e. The largest absolute Gasteiger partial charge is 0.496 e. The van der Waals surface area contributed by atoms with Gasteiger partial charge in [0.25, 0.3) is 5.91 Å². The highest BCUT2D eigenvalue weighted by Gasteiger charge is 2.32. The Bertz CT molecular complexity index is 1090. The van der Waals surface area contributed by atoms with Gasteiger partial charge in [-0.2, -0.15) is 0 Å². The first-order valence-electron chi connectivity index (χ1n) is 10.9. The van der Waals surface area contributed by atoms with E-state index < -0.39 is 17.8 Å². The van der Waals surface area contributed by atoms with E-state index in [4.69, 9.17) is 9.47 Å².